The summed E-state index contributed by atoms with van der Waals surface area (Å²) in [6.07, 6.45) is 1.54. The summed E-state index contributed by atoms with van der Waals surface area (Å²) in [5, 5.41) is 12.8. The third-order valence-corrected chi connectivity index (χ3v) is 6.11. The molecular weight excluding hydrogens is 409 g/mol. The van der Waals surface area contributed by atoms with Gasteiger partial charge in [-0.3, -0.25) is 9.78 Å². The van der Waals surface area contributed by atoms with Gasteiger partial charge in [-0.25, -0.2) is 4.98 Å². The highest BCUT2D eigenvalue weighted by molar-refractivity contribution is 6.02. The maximum atomic E-state index is 13.2. The van der Waals surface area contributed by atoms with E-state index in [2.05, 4.69) is 10.3 Å². The Hall–Kier alpha value is -2.68. The second kappa shape index (κ2) is 8.45. The van der Waals surface area contributed by atoms with Crippen molar-refractivity contribution in [2.45, 2.75) is 57.2 Å². The number of nitrogens with one attached hydrogen (secondary N) is 1. The molecule has 1 atom stereocenters. The second-order valence-electron chi connectivity index (χ2n) is 8.22. The minimum atomic E-state index is -4.47. The van der Waals surface area contributed by atoms with Crippen LogP contribution >= 0.6 is 0 Å². The molecule has 2 N–H and O–H groups in total. The molecule has 0 spiro atoms. The van der Waals surface area contributed by atoms with Crippen molar-refractivity contribution in [1.82, 2.24) is 14.9 Å². The molecule has 4 rings (SSSR count). The fraction of sp³-hybridized carbons (Fsp3) is 0.500. The molecule has 2 aliphatic rings. The summed E-state index contributed by atoms with van der Waals surface area (Å²) < 4.78 is 38.8. The van der Waals surface area contributed by atoms with Gasteiger partial charge in [-0.2, -0.15) is 13.2 Å². The summed E-state index contributed by atoms with van der Waals surface area (Å²) in [5.74, 6) is -0.0538. The molecule has 3 heterocycles. The molecule has 0 saturated heterocycles. The van der Waals surface area contributed by atoms with Crippen LogP contribution in [0.2, 0.25) is 0 Å². The molecule has 1 saturated carbocycles. The van der Waals surface area contributed by atoms with Crippen LogP contribution in [0.5, 0.6) is 0 Å². The number of aliphatic hydroxyl groups excluding tert-OH is 1. The van der Waals surface area contributed by atoms with Gasteiger partial charge < -0.3 is 15.3 Å². The third-order valence-electron chi connectivity index (χ3n) is 6.11. The van der Waals surface area contributed by atoms with Gasteiger partial charge in [-0.05, 0) is 38.0 Å². The van der Waals surface area contributed by atoms with Crippen LogP contribution in [0.1, 0.15) is 66.6 Å². The number of anilines is 1. The van der Waals surface area contributed by atoms with Crippen LogP contribution in [-0.4, -0.2) is 45.2 Å². The van der Waals surface area contributed by atoms with E-state index in [0.29, 0.717) is 16.9 Å². The average Bonchev–Trinajstić information content (AvgIpc) is 2.78. The largest absolute Gasteiger partial charge is 0.417 e. The Bertz CT molecular complexity index is 956. The van der Waals surface area contributed by atoms with Gasteiger partial charge in [0.1, 0.15) is 0 Å². The minimum Gasteiger partial charge on any atom is -0.394 e. The third kappa shape index (κ3) is 4.23. The molecule has 1 amide bonds. The van der Waals surface area contributed by atoms with Crippen molar-refractivity contribution in [2.75, 3.05) is 18.6 Å². The smallest absolute Gasteiger partial charge is 0.394 e. The summed E-state index contributed by atoms with van der Waals surface area (Å²) in [7, 11) is 0. The van der Waals surface area contributed by atoms with E-state index in [4.69, 9.17) is 4.98 Å². The molecule has 1 aliphatic heterocycles. The number of nitrogens with zero attached hydrogens (tertiary/aromatic N) is 3. The SMILES string of the molecule is C[C@@H](CO)N1CNc2c(cc(-c3ccc(C(F)(F)F)cn3)nc2C2CCCCC2)C1=O. The first-order chi connectivity index (χ1) is 14.8. The van der Waals surface area contributed by atoms with Crippen molar-refractivity contribution < 1.29 is 23.1 Å². The van der Waals surface area contributed by atoms with E-state index >= 15 is 0 Å². The van der Waals surface area contributed by atoms with Gasteiger partial charge in [0.25, 0.3) is 5.91 Å². The van der Waals surface area contributed by atoms with Crippen LogP contribution in [0, 0.1) is 0 Å². The molecule has 1 fully saturated rings. The topological polar surface area (TPSA) is 78.3 Å². The van der Waals surface area contributed by atoms with E-state index in [1.807, 2.05) is 0 Å². The molecule has 31 heavy (non-hydrogen) atoms. The van der Waals surface area contributed by atoms with Crippen LogP contribution in [0.15, 0.2) is 24.4 Å². The number of carbonyl (C=O) groups is 1. The van der Waals surface area contributed by atoms with E-state index in [9.17, 15) is 23.1 Å². The number of hydrogen-bond donors (Lipinski definition) is 2. The maximum absolute atomic E-state index is 13.2. The highest BCUT2D eigenvalue weighted by atomic mass is 19.4. The number of carbonyl (C=O) groups excluding carboxylic acids is 1. The Balaban J connectivity index is 1.79. The monoisotopic (exact) mass is 434 g/mol. The van der Waals surface area contributed by atoms with Crippen molar-refractivity contribution >= 4 is 11.6 Å². The number of fused-ring (bicyclic) bond motifs is 1. The Morgan fingerprint density at radius 2 is 1.97 bits per heavy atom. The Kier molecular flexibility index (Phi) is 5.88. The van der Waals surface area contributed by atoms with Gasteiger partial charge >= 0.3 is 6.18 Å². The first-order valence-corrected chi connectivity index (χ1v) is 10.5. The first kappa shape index (κ1) is 21.5. The lowest BCUT2D eigenvalue weighted by Gasteiger charge is -2.35. The number of aromatic nitrogens is 2. The van der Waals surface area contributed by atoms with Crippen LogP contribution in [0.4, 0.5) is 18.9 Å². The summed E-state index contributed by atoms with van der Waals surface area (Å²) in [4.78, 5) is 23.5. The van der Waals surface area contributed by atoms with Gasteiger partial charge in [0.15, 0.2) is 0 Å². The summed E-state index contributed by atoms with van der Waals surface area (Å²) >= 11 is 0. The van der Waals surface area contributed by atoms with Gasteiger partial charge in [0.05, 0.1) is 53.2 Å². The zero-order valence-corrected chi connectivity index (χ0v) is 17.2. The van der Waals surface area contributed by atoms with E-state index in [-0.39, 0.29) is 36.8 Å². The number of halogens is 3. The van der Waals surface area contributed by atoms with Crippen LogP contribution in [-0.2, 0) is 6.18 Å². The van der Waals surface area contributed by atoms with Crippen molar-refractivity contribution in [1.29, 1.82) is 0 Å². The molecule has 0 unspecified atom stereocenters. The minimum absolute atomic E-state index is 0.170. The maximum Gasteiger partial charge on any atom is 0.417 e. The lowest BCUT2D eigenvalue weighted by Crippen LogP contribution is -2.47. The number of amides is 1. The normalized spacial score (nSPS) is 18.5. The molecule has 0 bridgehead atoms. The number of hydrogen-bond acceptors (Lipinski definition) is 5. The second-order valence-corrected chi connectivity index (χ2v) is 8.22. The molecule has 0 radical (unpaired) electrons. The van der Waals surface area contributed by atoms with Gasteiger partial charge in [-0.1, -0.05) is 19.3 Å². The highest BCUT2D eigenvalue weighted by Gasteiger charge is 2.34. The molecular formula is C22H25F3N4O2. The van der Waals surface area contributed by atoms with E-state index in [1.165, 1.54) is 11.0 Å². The highest BCUT2D eigenvalue weighted by Crippen LogP contribution is 2.40. The van der Waals surface area contributed by atoms with Gasteiger partial charge in [0, 0.05) is 12.1 Å². The molecule has 2 aromatic rings. The zero-order chi connectivity index (χ0) is 22.2. The van der Waals surface area contributed by atoms with Crippen molar-refractivity contribution in [3.8, 4) is 11.4 Å². The van der Waals surface area contributed by atoms with Gasteiger partial charge in [0.2, 0.25) is 0 Å². The Morgan fingerprint density at radius 1 is 1.23 bits per heavy atom. The summed E-state index contributed by atoms with van der Waals surface area (Å²) in [6.45, 7) is 1.86. The van der Waals surface area contributed by atoms with Crippen LogP contribution < -0.4 is 5.32 Å². The predicted molar refractivity (Wildman–Crippen MR) is 110 cm³/mol. The zero-order valence-electron chi connectivity index (χ0n) is 17.2. The van der Waals surface area contributed by atoms with E-state index < -0.39 is 11.7 Å². The number of rotatable bonds is 4. The Labute approximate surface area is 178 Å². The van der Waals surface area contributed by atoms with Crippen molar-refractivity contribution in [2.24, 2.45) is 0 Å². The molecule has 166 valence electrons. The van der Waals surface area contributed by atoms with E-state index in [0.717, 1.165) is 50.1 Å². The Morgan fingerprint density at radius 3 is 2.58 bits per heavy atom. The summed E-state index contributed by atoms with van der Waals surface area (Å²) in [5.41, 5.74) is 1.71. The quantitative estimate of drug-likeness (QED) is 0.745. The van der Waals surface area contributed by atoms with Crippen molar-refractivity contribution in [3.63, 3.8) is 0 Å². The average molecular weight is 434 g/mol. The lowest BCUT2D eigenvalue weighted by molar-refractivity contribution is -0.137. The molecule has 0 aromatic carbocycles. The number of pyridine rings is 2. The molecule has 9 heteroatoms. The predicted octanol–water partition coefficient (Wildman–Crippen LogP) is 4.42. The molecule has 1 aliphatic carbocycles. The fourth-order valence-electron chi connectivity index (χ4n) is 4.28. The van der Waals surface area contributed by atoms with Crippen LogP contribution in [0.25, 0.3) is 11.4 Å². The first-order valence-electron chi connectivity index (χ1n) is 10.5. The number of alkyl halides is 3. The lowest BCUT2D eigenvalue weighted by atomic mass is 9.84. The van der Waals surface area contributed by atoms with Crippen LogP contribution in [0.3, 0.4) is 0 Å². The number of aliphatic hydroxyl groups is 1. The molecule has 2 aromatic heterocycles. The fourth-order valence-corrected chi connectivity index (χ4v) is 4.28. The summed E-state index contributed by atoms with van der Waals surface area (Å²) in [6, 6.07) is 3.48. The van der Waals surface area contributed by atoms with E-state index in [1.54, 1.807) is 13.0 Å². The van der Waals surface area contributed by atoms with Crippen molar-refractivity contribution in [3.05, 3.63) is 41.2 Å². The molecule has 6 nitrogen and oxygen atoms in total. The standard InChI is InChI=1S/C22H25F3N4O2/c1-13(11-30)29-12-27-20-16(21(29)31)9-18(28-19(20)14-5-3-2-4-6-14)17-8-7-15(10-26-17)22(23,24)25/h7-10,13-14,27,30H,2-6,11-12H2,1H3/t13-/m0/s1. The van der Waals surface area contributed by atoms with Gasteiger partial charge in [-0.15, -0.1) is 0 Å².